The Hall–Kier alpha value is -3.03. The van der Waals surface area contributed by atoms with Crippen LogP contribution in [0, 0.1) is 5.92 Å². The van der Waals surface area contributed by atoms with Gasteiger partial charge in [-0.2, -0.15) is 0 Å². The van der Waals surface area contributed by atoms with E-state index in [1.54, 1.807) is 41.7 Å². The minimum Gasteiger partial charge on any atom is -0.504 e. The molecule has 7 heteroatoms. The molecule has 2 aliphatic heterocycles. The maximum atomic E-state index is 13.3. The molecule has 1 aromatic carbocycles. The van der Waals surface area contributed by atoms with Crippen LogP contribution in [0.4, 0.5) is 0 Å². The zero-order chi connectivity index (χ0) is 24.5. The van der Waals surface area contributed by atoms with Crippen molar-refractivity contribution >= 4 is 12.0 Å². The average Bonchev–Trinajstić information content (AvgIpc) is 3.46. The highest BCUT2D eigenvalue weighted by molar-refractivity contribution is 5.92. The SMILES string of the molecule is C=CCN1CC[C@]23c4c5ccc(O)c4O[C@H]2[C@H](N(C)C(=O)/C=C/c2ccoc2)[C@@H](C)C[C@@]3(O)[C@H]1C5. The minimum atomic E-state index is -1.03. The van der Waals surface area contributed by atoms with Gasteiger partial charge in [-0.15, -0.1) is 6.58 Å². The van der Waals surface area contributed by atoms with Crippen molar-refractivity contribution in [3.63, 3.8) is 0 Å². The van der Waals surface area contributed by atoms with E-state index in [0.29, 0.717) is 31.6 Å². The summed E-state index contributed by atoms with van der Waals surface area (Å²) in [6.45, 7) is 7.54. The van der Waals surface area contributed by atoms with Crippen LogP contribution in [-0.2, 0) is 16.6 Å². The summed E-state index contributed by atoms with van der Waals surface area (Å²) in [5.41, 5.74) is 1.17. The van der Waals surface area contributed by atoms with Crippen molar-refractivity contribution in [3.05, 3.63) is 66.1 Å². The maximum Gasteiger partial charge on any atom is 0.246 e. The Bertz CT molecular complexity index is 1210. The Morgan fingerprint density at radius 1 is 1.37 bits per heavy atom. The molecule has 1 amide bonds. The molecule has 4 aliphatic rings. The highest BCUT2D eigenvalue weighted by atomic mass is 16.5. The minimum absolute atomic E-state index is 0.0152. The van der Waals surface area contributed by atoms with Crippen molar-refractivity contribution < 1.29 is 24.2 Å². The van der Waals surface area contributed by atoms with Crippen LogP contribution in [0.1, 0.15) is 36.5 Å². The number of phenols is 1. The Morgan fingerprint density at radius 3 is 2.94 bits per heavy atom. The van der Waals surface area contributed by atoms with Gasteiger partial charge in [0.25, 0.3) is 0 Å². The smallest absolute Gasteiger partial charge is 0.246 e. The number of piperidine rings is 1. The quantitative estimate of drug-likeness (QED) is 0.510. The molecule has 0 unspecified atom stereocenters. The molecule has 35 heavy (non-hydrogen) atoms. The van der Waals surface area contributed by atoms with Gasteiger partial charge in [-0.25, -0.2) is 0 Å². The van der Waals surface area contributed by atoms with E-state index in [2.05, 4.69) is 18.4 Å². The van der Waals surface area contributed by atoms with Crippen molar-refractivity contribution in [2.24, 2.45) is 5.92 Å². The van der Waals surface area contributed by atoms with Gasteiger partial charge in [0.2, 0.25) is 5.91 Å². The monoisotopic (exact) mass is 476 g/mol. The van der Waals surface area contributed by atoms with Crippen LogP contribution in [0.25, 0.3) is 6.08 Å². The molecule has 2 bridgehead atoms. The molecule has 2 aliphatic carbocycles. The lowest BCUT2D eigenvalue weighted by Gasteiger charge is -2.65. The Morgan fingerprint density at radius 2 is 2.20 bits per heavy atom. The van der Waals surface area contributed by atoms with Gasteiger partial charge in [-0.3, -0.25) is 9.69 Å². The van der Waals surface area contributed by atoms with Crippen molar-refractivity contribution in [1.82, 2.24) is 9.80 Å². The maximum absolute atomic E-state index is 13.3. The number of amides is 1. The van der Waals surface area contributed by atoms with Gasteiger partial charge in [0.05, 0.1) is 29.6 Å². The molecule has 1 spiro atoms. The number of aliphatic hydroxyl groups is 1. The third-order valence-corrected chi connectivity index (χ3v) is 9.02. The summed E-state index contributed by atoms with van der Waals surface area (Å²) in [4.78, 5) is 17.4. The van der Waals surface area contributed by atoms with Crippen molar-refractivity contribution in [3.8, 4) is 11.5 Å². The standard InChI is InChI=1S/C28H32N2O5/c1-4-11-30-12-10-27-23-19-6-7-20(31)25(23)35-26(27)24(17(2)15-28(27,33)21(30)14-19)29(3)22(32)8-5-18-9-13-34-16-18/h4-9,13,16-17,21,24,26,31,33H,1,10-12,14-15H2,2-3H3/b8-5+/t17-,21+,24+,26-,27-,28+/m0/s1. The number of carbonyl (C=O) groups is 1. The first-order valence-corrected chi connectivity index (χ1v) is 12.4. The van der Waals surface area contributed by atoms with E-state index in [-0.39, 0.29) is 29.7 Å². The highest BCUT2D eigenvalue weighted by Crippen LogP contribution is 2.66. The first-order chi connectivity index (χ1) is 16.8. The van der Waals surface area contributed by atoms with Crippen LogP contribution in [0.5, 0.6) is 11.5 Å². The van der Waals surface area contributed by atoms with Crippen LogP contribution in [0.15, 0.2) is 53.9 Å². The Kier molecular flexibility index (Phi) is 4.96. The third-order valence-electron chi connectivity index (χ3n) is 9.02. The van der Waals surface area contributed by atoms with Gasteiger partial charge < -0.3 is 24.3 Å². The normalized spacial score (nSPS) is 34.9. The summed E-state index contributed by atoms with van der Waals surface area (Å²) in [6.07, 6.45) is 9.84. The van der Waals surface area contributed by atoms with Crippen LogP contribution >= 0.6 is 0 Å². The predicted octanol–water partition coefficient (Wildman–Crippen LogP) is 3.11. The fourth-order valence-corrected chi connectivity index (χ4v) is 7.65. The molecule has 1 saturated carbocycles. The number of nitrogens with zero attached hydrogens (tertiary/aromatic N) is 2. The van der Waals surface area contributed by atoms with Crippen LogP contribution in [0.2, 0.25) is 0 Å². The van der Waals surface area contributed by atoms with E-state index < -0.39 is 17.1 Å². The first-order valence-electron chi connectivity index (χ1n) is 12.4. The van der Waals surface area contributed by atoms with Gasteiger partial charge >= 0.3 is 0 Å². The lowest BCUT2D eigenvalue weighted by Crippen LogP contribution is -2.79. The number of furan rings is 1. The zero-order valence-corrected chi connectivity index (χ0v) is 20.2. The number of likely N-dealkylation sites (N-methyl/N-ethyl adjacent to an activating group) is 1. The molecule has 7 nitrogen and oxygen atoms in total. The summed E-state index contributed by atoms with van der Waals surface area (Å²) >= 11 is 0. The third kappa shape index (κ3) is 2.88. The molecular weight excluding hydrogens is 444 g/mol. The van der Waals surface area contributed by atoms with Crippen LogP contribution in [-0.4, -0.2) is 69.8 Å². The van der Waals surface area contributed by atoms with E-state index >= 15 is 0 Å². The summed E-state index contributed by atoms with van der Waals surface area (Å²) < 4.78 is 11.7. The van der Waals surface area contributed by atoms with Crippen LogP contribution < -0.4 is 4.74 Å². The van der Waals surface area contributed by atoms with Gasteiger partial charge in [-0.05, 0) is 55.5 Å². The van der Waals surface area contributed by atoms with Gasteiger partial charge in [0, 0.05) is 36.8 Å². The molecule has 3 heterocycles. The molecule has 1 saturated heterocycles. The molecule has 6 atom stereocenters. The van der Waals surface area contributed by atoms with E-state index in [4.69, 9.17) is 9.15 Å². The highest BCUT2D eigenvalue weighted by Gasteiger charge is 2.74. The van der Waals surface area contributed by atoms with E-state index in [1.807, 2.05) is 19.2 Å². The Balaban J connectivity index is 1.44. The van der Waals surface area contributed by atoms with Gasteiger partial charge in [0.15, 0.2) is 11.5 Å². The number of phenolic OH excluding ortho intramolecular Hbond substituents is 1. The second-order valence-corrected chi connectivity index (χ2v) is 10.6. The largest absolute Gasteiger partial charge is 0.504 e. The van der Waals surface area contributed by atoms with Crippen molar-refractivity contribution in [1.29, 1.82) is 0 Å². The topological polar surface area (TPSA) is 86.4 Å². The number of ether oxygens (including phenoxy) is 1. The number of hydrogen-bond acceptors (Lipinski definition) is 6. The van der Waals surface area contributed by atoms with E-state index in [0.717, 1.165) is 23.2 Å². The van der Waals surface area contributed by atoms with Crippen molar-refractivity contribution in [2.75, 3.05) is 20.1 Å². The molecule has 6 rings (SSSR count). The molecule has 184 valence electrons. The molecule has 2 fully saturated rings. The number of hydrogen-bond donors (Lipinski definition) is 2. The average molecular weight is 477 g/mol. The molecular formula is C28H32N2O5. The molecule has 0 radical (unpaired) electrons. The Labute approximate surface area is 205 Å². The predicted molar refractivity (Wildman–Crippen MR) is 131 cm³/mol. The number of likely N-dealkylation sites (tertiary alicyclic amines) is 1. The molecule has 1 aromatic heterocycles. The van der Waals surface area contributed by atoms with Crippen LogP contribution in [0.3, 0.4) is 0 Å². The summed E-state index contributed by atoms with van der Waals surface area (Å²) in [5.74, 6) is 0.432. The number of carbonyl (C=O) groups excluding carboxylic acids is 1. The van der Waals surface area contributed by atoms with Gasteiger partial charge in [0.1, 0.15) is 6.10 Å². The lowest BCUT2D eigenvalue weighted by atomic mass is 9.46. The fraction of sp³-hybridized carbons (Fsp3) is 0.464. The lowest BCUT2D eigenvalue weighted by molar-refractivity contribution is -0.210. The summed E-state index contributed by atoms with van der Waals surface area (Å²) in [5, 5.41) is 23.4. The second kappa shape index (κ2) is 7.73. The van der Waals surface area contributed by atoms with E-state index in [1.165, 1.54) is 0 Å². The first kappa shape index (κ1) is 22.4. The summed E-state index contributed by atoms with van der Waals surface area (Å²) in [7, 11) is 1.81. The van der Waals surface area contributed by atoms with E-state index in [9.17, 15) is 15.0 Å². The number of rotatable bonds is 5. The number of benzene rings is 1. The molecule has 2 N–H and O–H groups in total. The number of aromatic hydroxyl groups is 1. The molecule has 2 aromatic rings. The summed E-state index contributed by atoms with van der Waals surface area (Å²) in [6, 6.07) is 5.13. The zero-order valence-electron chi connectivity index (χ0n) is 20.2. The fourth-order valence-electron chi connectivity index (χ4n) is 7.65. The van der Waals surface area contributed by atoms with Crippen molar-refractivity contribution in [2.45, 2.75) is 55.4 Å². The van der Waals surface area contributed by atoms with Gasteiger partial charge in [-0.1, -0.05) is 19.1 Å². The second-order valence-electron chi connectivity index (χ2n) is 10.6.